The number of halogens is 1. The number of aromatic nitrogens is 1. The van der Waals surface area contributed by atoms with Crippen molar-refractivity contribution >= 4 is 0 Å². The minimum absolute atomic E-state index is 0.125. The van der Waals surface area contributed by atoms with Crippen molar-refractivity contribution in [1.82, 2.24) is 15.2 Å². The van der Waals surface area contributed by atoms with Crippen molar-refractivity contribution < 1.29 is 4.39 Å². The Morgan fingerprint density at radius 2 is 2.24 bits per heavy atom. The molecule has 2 unspecified atom stereocenters. The summed E-state index contributed by atoms with van der Waals surface area (Å²) in [6.07, 6.45) is 5.30. The lowest BCUT2D eigenvalue weighted by molar-refractivity contribution is 0.0371. The molecule has 0 bridgehead atoms. The highest BCUT2D eigenvalue weighted by Gasteiger charge is 2.36. The third-order valence-electron chi connectivity index (χ3n) is 4.63. The Labute approximate surface area is 127 Å². The minimum atomic E-state index is -0.250. The van der Waals surface area contributed by atoms with Gasteiger partial charge in [-0.25, -0.2) is 4.39 Å². The Morgan fingerprint density at radius 1 is 1.48 bits per heavy atom. The van der Waals surface area contributed by atoms with E-state index in [4.69, 9.17) is 0 Å². The van der Waals surface area contributed by atoms with Crippen LogP contribution >= 0.6 is 0 Å². The molecule has 1 aliphatic heterocycles. The number of piperazine rings is 1. The maximum absolute atomic E-state index is 13.4. The summed E-state index contributed by atoms with van der Waals surface area (Å²) in [7, 11) is 0. The predicted octanol–water partition coefficient (Wildman–Crippen LogP) is 3.21. The third-order valence-corrected chi connectivity index (χ3v) is 4.63. The van der Waals surface area contributed by atoms with Crippen LogP contribution in [0.4, 0.5) is 4.39 Å². The molecule has 2 rings (SSSR count). The standard InChI is InChI=1S/C17H28FN3/c1-5-17(4)12-20-16(6-13(2)3)11-21(17)10-14-7-15(18)9-19-8-14/h7-9,13,16,20H,5-6,10-12H2,1-4H3. The van der Waals surface area contributed by atoms with Crippen molar-refractivity contribution in [3.63, 3.8) is 0 Å². The quantitative estimate of drug-likeness (QED) is 0.903. The second-order valence-electron chi connectivity index (χ2n) is 6.95. The van der Waals surface area contributed by atoms with Gasteiger partial charge in [0.25, 0.3) is 0 Å². The van der Waals surface area contributed by atoms with Crippen molar-refractivity contribution in [1.29, 1.82) is 0 Å². The Bertz CT molecular complexity index is 463. The maximum Gasteiger partial charge on any atom is 0.141 e. The molecule has 2 atom stereocenters. The molecule has 0 radical (unpaired) electrons. The highest BCUT2D eigenvalue weighted by molar-refractivity contribution is 5.11. The van der Waals surface area contributed by atoms with Gasteiger partial charge in [0.05, 0.1) is 6.20 Å². The minimum Gasteiger partial charge on any atom is -0.311 e. The summed E-state index contributed by atoms with van der Waals surface area (Å²) < 4.78 is 13.4. The predicted molar refractivity (Wildman–Crippen MR) is 84.5 cm³/mol. The molecule has 1 aromatic rings. The molecule has 0 saturated carbocycles. The Kier molecular flexibility index (Phi) is 5.33. The van der Waals surface area contributed by atoms with Crippen molar-refractivity contribution in [2.75, 3.05) is 13.1 Å². The first-order chi connectivity index (χ1) is 9.93. The number of nitrogens with zero attached hydrogens (tertiary/aromatic N) is 2. The van der Waals surface area contributed by atoms with E-state index in [-0.39, 0.29) is 11.4 Å². The van der Waals surface area contributed by atoms with Crippen LogP contribution in [0.1, 0.15) is 46.1 Å². The first kappa shape index (κ1) is 16.4. The van der Waals surface area contributed by atoms with Gasteiger partial charge in [-0.15, -0.1) is 0 Å². The second kappa shape index (κ2) is 6.84. The summed E-state index contributed by atoms with van der Waals surface area (Å²) in [5, 5.41) is 3.69. The molecule has 1 aromatic heterocycles. The van der Waals surface area contributed by atoms with Crippen LogP contribution in [0.25, 0.3) is 0 Å². The summed E-state index contributed by atoms with van der Waals surface area (Å²) >= 11 is 0. The molecule has 3 nitrogen and oxygen atoms in total. The largest absolute Gasteiger partial charge is 0.311 e. The zero-order chi connectivity index (χ0) is 15.5. The molecule has 0 aliphatic carbocycles. The number of hydrogen-bond acceptors (Lipinski definition) is 3. The average molecular weight is 293 g/mol. The van der Waals surface area contributed by atoms with Gasteiger partial charge >= 0.3 is 0 Å². The molecule has 21 heavy (non-hydrogen) atoms. The van der Waals surface area contributed by atoms with Gasteiger partial charge in [-0.2, -0.15) is 0 Å². The van der Waals surface area contributed by atoms with E-state index in [0.717, 1.165) is 31.6 Å². The van der Waals surface area contributed by atoms with Gasteiger partial charge in [-0.3, -0.25) is 9.88 Å². The van der Waals surface area contributed by atoms with E-state index in [2.05, 4.69) is 42.9 Å². The van der Waals surface area contributed by atoms with Gasteiger partial charge in [0.1, 0.15) is 5.82 Å². The van der Waals surface area contributed by atoms with Gasteiger partial charge in [-0.1, -0.05) is 20.8 Å². The van der Waals surface area contributed by atoms with Crippen molar-refractivity contribution in [2.24, 2.45) is 5.92 Å². The lowest BCUT2D eigenvalue weighted by Gasteiger charge is -2.48. The fourth-order valence-electron chi connectivity index (χ4n) is 3.12. The Balaban J connectivity index is 2.10. The van der Waals surface area contributed by atoms with Crippen LogP contribution in [0.5, 0.6) is 0 Å². The molecular weight excluding hydrogens is 265 g/mol. The lowest BCUT2D eigenvalue weighted by atomic mass is 9.89. The van der Waals surface area contributed by atoms with Crippen molar-refractivity contribution in [3.8, 4) is 0 Å². The monoisotopic (exact) mass is 293 g/mol. The summed E-state index contributed by atoms with van der Waals surface area (Å²) in [6, 6.07) is 2.12. The van der Waals surface area contributed by atoms with E-state index in [9.17, 15) is 4.39 Å². The van der Waals surface area contributed by atoms with Gasteiger partial charge in [0.2, 0.25) is 0 Å². The van der Waals surface area contributed by atoms with Crippen LogP contribution < -0.4 is 5.32 Å². The molecule has 0 spiro atoms. The zero-order valence-corrected chi connectivity index (χ0v) is 13.7. The molecule has 4 heteroatoms. The van der Waals surface area contributed by atoms with E-state index in [1.54, 1.807) is 12.3 Å². The van der Waals surface area contributed by atoms with E-state index in [1.807, 2.05) is 0 Å². The molecule has 2 heterocycles. The van der Waals surface area contributed by atoms with Crippen molar-refractivity contribution in [3.05, 3.63) is 29.8 Å². The summed E-state index contributed by atoms with van der Waals surface area (Å²) in [4.78, 5) is 6.47. The molecule has 118 valence electrons. The first-order valence-corrected chi connectivity index (χ1v) is 8.01. The number of nitrogens with one attached hydrogen (secondary N) is 1. The summed E-state index contributed by atoms with van der Waals surface area (Å²) in [6.45, 7) is 11.8. The summed E-state index contributed by atoms with van der Waals surface area (Å²) in [5.41, 5.74) is 1.08. The zero-order valence-electron chi connectivity index (χ0n) is 13.7. The molecule has 1 saturated heterocycles. The van der Waals surface area contributed by atoms with Crippen molar-refractivity contribution in [2.45, 2.75) is 58.7 Å². The lowest BCUT2D eigenvalue weighted by Crippen LogP contribution is -2.62. The number of rotatable bonds is 5. The van der Waals surface area contributed by atoms with E-state index < -0.39 is 0 Å². The molecule has 1 aliphatic rings. The number of hydrogen-bond donors (Lipinski definition) is 1. The first-order valence-electron chi connectivity index (χ1n) is 8.01. The third kappa shape index (κ3) is 4.24. The fourth-order valence-corrected chi connectivity index (χ4v) is 3.12. The molecule has 1 N–H and O–H groups in total. The van der Waals surface area contributed by atoms with E-state index in [1.165, 1.54) is 12.6 Å². The van der Waals surface area contributed by atoms with Gasteiger partial charge in [-0.05, 0) is 37.3 Å². The molecule has 0 amide bonds. The fraction of sp³-hybridized carbons (Fsp3) is 0.706. The van der Waals surface area contributed by atoms with Crippen LogP contribution in [-0.2, 0) is 6.54 Å². The van der Waals surface area contributed by atoms with Crippen LogP contribution in [0.15, 0.2) is 18.5 Å². The molecular formula is C17H28FN3. The van der Waals surface area contributed by atoms with Crippen LogP contribution in [0, 0.1) is 11.7 Å². The van der Waals surface area contributed by atoms with Gasteiger partial charge in [0, 0.05) is 37.4 Å². The van der Waals surface area contributed by atoms with E-state index >= 15 is 0 Å². The number of pyridine rings is 1. The summed E-state index contributed by atoms with van der Waals surface area (Å²) in [5.74, 6) is 0.436. The van der Waals surface area contributed by atoms with Gasteiger partial charge < -0.3 is 5.32 Å². The van der Waals surface area contributed by atoms with Gasteiger partial charge in [0.15, 0.2) is 0 Å². The molecule has 0 aromatic carbocycles. The average Bonchev–Trinajstić information content (AvgIpc) is 2.42. The highest BCUT2D eigenvalue weighted by Crippen LogP contribution is 2.26. The Hall–Kier alpha value is -1.00. The highest BCUT2D eigenvalue weighted by atomic mass is 19.1. The Morgan fingerprint density at radius 3 is 2.86 bits per heavy atom. The maximum atomic E-state index is 13.4. The smallest absolute Gasteiger partial charge is 0.141 e. The van der Waals surface area contributed by atoms with E-state index in [0.29, 0.717) is 12.0 Å². The SMILES string of the molecule is CCC1(C)CNC(CC(C)C)CN1Cc1cncc(F)c1. The normalized spacial score (nSPS) is 27.2. The molecule has 1 fully saturated rings. The van der Waals surface area contributed by atoms with Crippen LogP contribution in [-0.4, -0.2) is 34.6 Å². The van der Waals surface area contributed by atoms with Crippen LogP contribution in [0.3, 0.4) is 0 Å². The second-order valence-corrected chi connectivity index (χ2v) is 6.95. The van der Waals surface area contributed by atoms with Crippen LogP contribution in [0.2, 0.25) is 0 Å². The topological polar surface area (TPSA) is 28.2 Å².